The van der Waals surface area contributed by atoms with E-state index in [4.69, 9.17) is 4.74 Å². The molecule has 3 aromatic carbocycles. The molecule has 0 aliphatic rings. The molecule has 0 aliphatic heterocycles. The van der Waals surface area contributed by atoms with Gasteiger partial charge < -0.3 is 19.3 Å². The second kappa shape index (κ2) is 9.23. The third kappa shape index (κ3) is 4.49. The Morgan fingerprint density at radius 2 is 1.50 bits per heavy atom. The number of aliphatic hydroxyl groups is 1. The summed E-state index contributed by atoms with van der Waals surface area (Å²) < 4.78 is 50.2. The summed E-state index contributed by atoms with van der Waals surface area (Å²) >= 11 is 0. The monoisotopic (exact) mass is 467 g/mol. The van der Waals surface area contributed by atoms with Crippen LogP contribution in [0.4, 0.5) is 24.5 Å². The number of aryl methyl sites for hydroxylation is 1. The van der Waals surface area contributed by atoms with Crippen molar-refractivity contribution in [2.45, 2.75) is 18.7 Å². The van der Waals surface area contributed by atoms with E-state index >= 15 is 0 Å². The molecule has 0 aliphatic carbocycles. The molecule has 4 aromatic rings. The van der Waals surface area contributed by atoms with Crippen molar-refractivity contribution in [2.75, 3.05) is 18.6 Å². The minimum atomic E-state index is -5.01. The predicted octanol–water partition coefficient (Wildman–Crippen LogP) is 5.78. The molecule has 1 aromatic heterocycles. The molecule has 1 heterocycles. The van der Waals surface area contributed by atoms with Crippen molar-refractivity contribution < 1.29 is 23.0 Å². The Hall–Kier alpha value is -3.78. The minimum absolute atomic E-state index is 0.462. The third-order valence-corrected chi connectivity index (χ3v) is 5.63. The fourth-order valence-corrected chi connectivity index (χ4v) is 3.74. The Kier molecular flexibility index (Phi) is 6.34. The number of methoxy groups -OCH3 is 1. The van der Waals surface area contributed by atoms with Crippen molar-refractivity contribution in [1.82, 2.24) is 9.55 Å². The number of hydrogen-bond acceptors (Lipinski definition) is 4. The van der Waals surface area contributed by atoms with Crippen LogP contribution < -0.4 is 9.64 Å². The molecule has 8 heteroatoms. The summed E-state index contributed by atoms with van der Waals surface area (Å²) in [4.78, 5) is 5.39. The second-order valence-corrected chi connectivity index (χ2v) is 7.93. The first-order chi connectivity index (χ1) is 16.2. The highest BCUT2D eigenvalue weighted by atomic mass is 19.4. The van der Waals surface area contributed by atoms with Gasteiger partial charge in [0, 0.05) is 29.5 Å². The normalized spacial score (nSPS) is 13.4. The number of benzene rings is 3. The second-order valence-electron chi connectivity index (χ2n) is 7.93. The Labute approximate surface area is 195 Å². The molecule has 0 saturated heterocycles. The van der Waals surface area contributed by atoms with Gasteiger partial charge in [0.05, 0.1) is 13.7 Å². The fraction of sp³-hybridized carbons (Fsp3) is 0.192. The smallest absolute Gasteiger partial charge is 0.426 e. The molecule has 0 saturated carbocycles. The van der Waals surface area contributed by atoms with Gasteiger partial charge in [0.15, 0.2) is 5.82 Å². The number of hydrogen-bond donors (Lipinski definition) is 1. The molecule has 176 valence electrons. The summed E-state index contributed by atoms with van der Waals surface area (Å²) in [6.45, 7) is 1.08. The molecular formula is C26H24F3N3O2. The number of nitrogens with zero attached hydrogens (tertiary/aromatic N) is 3. The lowest BCUT2D eigenvalue weighted by Gasteiger charge is -2.36. The number of ether oxygens (including phenoxy) is 1. The molecule has 0 spiro atoms. The summed E-state index contributed by atoms with van der Waals surface area (Å²) in [5, 5.41) is 11.3. The van der Waals surface area contributed by atoms with Gasteiger partial charge >= 0.3 is 6.18 Å². The topological polar surface area (TPSA) is 50.5 Å². The Bertz CT molecular complexity index is 1220. The Balaban J connectivity index is 1.84. The van der Waals surface area contributed by atoms with Gasteiger partial charge in [0.25, 0.3) is 0 Å². The lowest BCUT2D eigenvalue weighted by atomic mass is 9.99. The minimum Gasteiger partial charge on any atom is -0.497 e. The quantitative estimate of drug-likeness (QED) is 0.375. The van der Waals surface area contributed by atoms with Crippen molar-refractivity contribution in [1.29, 1.82) is 0 Å². The van der Waals surface area contributed by atoms with E-state index in [-0.39, 0.29) is 0 Å². The summed E-state index contributed by atoms with van der Waals surface area (Å²) in [5.41, 5.74) is -0.897. The highest BCUT2D eigenvalue weighted by molar-refractivity contribution is 5.64. The van der Waals surface area contributed by atoms with Gasteiger partial charge in [-0.15, -0.1) is 0 Å². The van der Waals surface area contributed by atoms with Gasteiger partial charge in [0.2, 0.25) is 5.60 Å². The summed E-state index contributed by atoms with van der Waals surface area (Å²) in [5.74, 6) is 0.0510. The number of imidazole rings is 1. The van der Waals surface area contributed by atoms with Crippen LogP contribution >= 0.6 is 0 Å². The molecular weight excluding hydrogens is 443 g/mol. The average Bonchev–Trinajstić information content (AvgIpc) is 3.34. The first kappa shape index (κ1) is 23.4. The highest BCUT2D eigenvalue weighted by Crippen LogP contribution is 2.42. The molecule has 0 fully saturated rings. The van der Waals surface area contributed by atoms with Gasteiger partial charge in [-0.05, 0) is 55.5 Å². The average molecular weight is 467 g/mol. The van der Waals surface area contributed by atoms with E-state index in [1.165, 1.54) is 29.0 Å². The molecule has 0 amide bonds. The summed E-state index contributed by atoms with van der Waals surface area (Å²) in [7, 11) is 1.51. The van der Waals surface area contributed by atoms with Crippen molar-refractivity contribution in [3.63, 3.8) is 0 Å². The Morgan fingerprint density at radius 3 is 2.06 bits per heavy atom. The number of halogens is 3. The molecule has 4 rings (SSSR count). The maximum Gasteiger partial charge on any atom is 0.426 e. The molecule has 34 heavy (non-hydrogen) atoms. The van der Waals surface area contributed by atoms with Crippen LogP contribution in [0.5, 0.6) is 5.75 Å². The van der Waals surface area contributed by atoms with Gasteiger partial charge in [-0.3, -0.25) is 0 Å². The van der Waals surface area contributed by atoms with Crippen molar-refractivity contribution in [3.05, 3.63) is 103 Å². The Morgan fingerprint density at radius 1 is 0.912 bits per heavy atom. The van der Waals surface area contributed by atoms with Crippen LogP contribution in [-0.4, -0.2) is 34.5 Å². The zero-order valence-corrected chi connectivity index (χ0v) is 18.7. The molecule has 0 radical (unpaired) electrons. The van der Waals surface area contributed by atoms with E-state index in [9.17, 15) is 18.3 Å². The molecule has 5 nitrogen and oxygen atoms in total. The molecule has 1 atom stereocenters. The number of aromatic nitrogens is 2. The summed E-state index contributed by atoms with van der Waals surface area (Å²) in [6, 6.07) is 22.2. The van der Waals surface area contributed by atoms with Crippen LogP contribution in [0.2, 0.25) is 0 Å². The molecule has 0 unspecified atom stereocenters. The predicted molar refractivity (Wildman–Crippen MR) is 125 cm³/mol. The van der Waals surface area contributed by atoms with E-state index in [1.54, 1.807) is 66.7 Å². The zero-order chi connectivity index (χ0) is 24.3. The maximum atomic E-state index is 14.6. The standard InChI is InChI=1S/C26H24F3N3O2/c1-19-8-10-21(11-9-19)32(22-12-14-23(34-2)15-13-22)18-25(33,26(27,28)29)24-30-16-17-31(24)20-6-4-3-5-7-20/h3-17,33H,18H2,1-2H3/t25-/m0/s1. The van der Waals surface area contributed by atoms with Gasteiger partial charge in [0.1, 0.15) is 5.75 Å². The first-order valence-electron chi connectivity index (χ1n) is 10.6. The fourth-order valence-electron chi connectivity index (χ4n) is 3.74. The van der Waals surface area contributed by atoms with Crippen molar-refractivity contribution >= 4 is 11.4 Å². The molecule has 0 bridgehead atoms. The van der Waals surface area contributed by atoms with Crippen LogP contribution in [-0.2, 0) is 5.60 Å². The van der Waals surface area contributed by atoms with Crippen molar-refractivity contribution in [2.24, 2.45) is 0 Å². The van der Waals surface area contributed by atoms with Crippen LogP contribution in [0.15, 0.2) is 91.3 Å². The highest BCUT2D eigenvalue weighted by Gasteiger charge is 2.59. The first-order valence-corrected chi connectivity index (χ1v) is 10.6. The lowest BCUT2D eigenvalue weighted by Crippen LogP contribution is -2.51. The lowest BCUT2D eigenvalue weighted by molar-refractivity contribution is -0.265. The number of anilines is 2. The van der Waals surface area contributed by atoms with E-state index < -0.39 is 24.1 Å². The van der Waals surface area contributed by atoms with E-state index in [0.29, 0.717) is 22.8 Å². The maximum absolute atomic E-state index is 14.6. The third-order valence-electron chi connectivity index (χ3n) is 5.63. The zero-order valence-electron chi connectivity index (χ0n) is 18.7. The number of alkyl halides is 3. The number of para-hydroxylation sites is 1. The molecule has 1 N–H and O–H groups in total. The largest absolute Gasteiger partial charge is 0.497 e. The van der Waals surface area contributed by atoms with E-state index in [2.05, 4.69) is 4.98 Å². The van der Waals surface area contributed by atoms with Gasteiger partial charge in [-0.25, -0.2) is 4.98 Å². The SMILES string of the molecule is COc1ccc(N(C[C@](O)(c2nccn2-c2ccccc2)C(F)(F)F)c2ccc(C)cc2)cc1. The van der Waals surface area contributed by atoms with Crippen LogP contribution in [0.3, 0.4) is 0 Å². The van der Waals surface area contributed by atoms with Crippen LogP contribution in [0, 0.1) is 6.92 Å². The van der Waals surface area contributed by atoms with E-state index in [0.717, 1.165) is 5.56 Å². The van der Waals surface area contributed by atoms with E-state index in [1.807, 2.05) is 19.1 Å². The van der Waals surface area contributed by atoms with Gasteiger partial charge in [-0.1, -0.05) is 35.9 Å². The van der Waals surface area contributed by atoms with Crippen LogP contribution in [0.1, 0.15) is 11.4 Å². The summed E-state index contributed by atoms with van der Waals surface area (Å²) in [6.07, 6.45) is -2.35. The van der Waals surface area contributed by atoms with Crippen LogP contribution in [0.25, 0.3) is 5.69 Å². The van der Waals surface area contributed by atoms with Crippen molar-refractivity contribution in [3.8, 4) is 11.4 Å². The van der Waals surface area contributed by atoms with Gasteiger partial charge in [-0.2, -0.15) is 13.2 Å². The number of rotatable bonds is 7.